The molecule has 0 aliphatic heterocycles. The summed E-state index contributed by atoms with van der Waals surface area (Å²) in [6.45, 7) is 2.16. The first-order chi connectivity index (χ1) is 8.22. The summed E-state index contributed by atoms with van der Waals surface area (Å²) in [5.74, 6) is 1.48. The van der Waals surface area contributed by atoms with Gasteiger partial charge in [0, 0.05) is 5.92 Å². The zero-order valence-corrected chi connectivity index (χ0v) is 12.5. The van der Waals surface area contributed by atoms with Gasteiger partial charge in [-0.1, -0.05) is 44.2 Å². The Morgan fingerprint density at radius 2 is 1.94 bits per heavy atom. The minimum absolute atomic E-state index is 0.518. The normalized spacial score (nSPS) is 17.4. The van der Waals surface area contributed by atoms with E-state index in [1.165, 1.54) is 32.1 Å². The van der Waals surface area contributed by atoms with E-state index in [1.807, 2.05) is 0 Å². The van der Waals surface area contributed by atoms with E-state index in [0.717, 1.165) is 28.8 Å². The third kappa shape index (κ3) is 3.19. The van der Waals surface area contributed by atoms with E-state index >= 15 is 0 Å². The third-order valence-electron chi connectivity index (χ3n) is 3.35. The second-order valence-corrected chi connectivity index (χ2v) is 5.87. The van der Waals surface area contributed by atoms with Gasteiger partial charge < -0.3 is 0 Å². The lowest BCUT2D eigenvalue weighted by Crippen LogP contribution is -2.11. The lowest BCUT2D eigenvalue weighted by molar-refractivity contribution is 0.427. The molecule has 0 spiro atoms. The van der Waals surface area contributed by atoms with Crippen LogP contribution in [-0.4, -0.2) is 9.97 Å². The molecule has 0 unspecified atom stereocenters. The minimum Gasteiger partial charge on any atom is -0.236 e. The Kier molecular flexibility index (Phi) is 4.80. The van der Waals surface area contributed by atoms with Gasteiger partial charge in [-0.3, -0.25) is 0 Å². The molecule has 94 valence electrons. The molecule has 1 aromatic rings. The summed E-state index contributed by atoms with van der Waals surface area (Å²) in [5.41, 5.74) is 1.06. The van der Waals surface area contributed by atoms with E-state index in [9.17, 15) is 0 Å². The Morgan fingerprint density at radius 1 is 1.24 bits per heavy atom. The lowest BCUT2D eigenvalue weighted by atomic mass is 9.88. The summed E-state index contributed by atoms with van der Waals surface area (Å²) < 4.78 is 0.876. The molecular weight excluding hydrogens is 300 g/mol. The van der Waals surface area contributed by atoms with Gasteiger partial charge in [0.25, 0.3) is 0 Å². The molecule has 17 heavy (non-hydrogen) atoms. The van der Waals surface area contributed by atoms with Crippen LogP contribution >= 0.6 is 27.5 Å². The van der Waals surface area contributed by atoms with Crippen molar-refractivity contribution in [2.75, 3.05) is 0 Å². The van der Waals surface area contributed by atoms with E-state index < -0.39 is 0 Å². The lowest BCUT2D eigenvalue weighted by Gasteiger charge is -2.21. The van der Waals surface area contributed by atoms with Crippen molar-refractivity contribution in [3.63, 3.8) is 0 Å². The van der Waals surface area contributed by atoms with E-state index in [0.29, 0.717) is 11.1 Å². The predicted octanol–water partition coefficient (Wildman–Crippen LogP) is 4.89. The van der Waals surface area contributed by atoms with Crippen LogP contribution in [0, 0.1) is 0 Å². The van der Waals surface area contributed by atoms with Gasteiger partial charge in [0.1, 0.15) is 11.0 Å². The van der Waals surface area contributed by atoms with Crippen LogP contribution in [0.3, 0.4) is 0 Å². The van der Waals surface area contributed by atoms with Gasteiger partial charge in [-0.2, -0.15) is 0 Å². The van der Waals surface area contributed by atoms with Crippen LogP contribution in [0.4, 0.5) is 0 Å². The second kappa shape index (κ2) is 6.14. The molecule has 0 aromatic carbocycles. The zero-order chi connectivity index (χ0) is 12.3. The fourth-order valence-electron chi connectivity index (χ4n) is 2.43. The van der Waals surface area contributed by atoms with E-state index in [-0.39, 0.29) is 0 Å². The predicted molar refractivity (Wildman–Crippen MR) is 74.6 cm³/mol. The largest absolute Gasteiger partial charge is 0.236 e. The highest BCUT2D eigenvalue weighted by Crippen LogP contribution is 2.33. The first-order valence-corrected chi connectivity index (χ1v) is 7.61. The molecule has 0 radical (unpaired) electrons. The maximum absolute atomic E-state index is 6.18. The van der Waals surface area contributed by atoms with Gasteiger partial charge in [0.05, 0.1) is 10.2 Å². The van der Waals surface area contributed by atoms with Crippen molar-refractivity contribution in [1.82, 2.24) is 9.97 Å². The van der Waals surface area contributed by atoms with Gasteiger partial charge >= 0.3 is 0 Å². The molecule has 1 aromatic heterocycles. The Bertz CT molecular complexity index is 389. The van der Waals surface area contributed by atoms with Crippen LogP contribution in [0.5, 0.6) is 0 Å². The van der Waals surface area contributed by atoms with E-state index in [4.69, 9.17) is 16.6 Å². The molecule has 1 saturated carbocycles. The highest BCUT2D eigenvalue weighted by molar-refractivity contribution is 9.10. The third-order valence-corrected chi connectivity index (χ3v) is 4.69. The van der Waals surface area contributed by atoms with Crippen LogP contribution in [0.1, 0.15) is 62.9 Å². The molecule has 1 heterocycles. The molecule has 1 aliphatic carbocycles. The maximum atomic E-state index is 6.18. The molecular formula is C13H18BrClN2. The molecule has 0 amide bonds. The first-order valence-electron chi connectivity index (χ1n) is 6.44. The molecule has 0 atom stereocenters. The van der Waals surface area contributed by atoms with Crippen molar-refractivity contribution >= 4 is 27.5 Å². The summed E-state index contributed by atoms with van der Waals surface area (Å²) in [7, 11) is 0. The van der Waals surface area contributed by atoms with Gasteiger partial charge in [0.15, 0.2) is 0 Å². The Balaban J connectivity index is 2.27. The standard InChI is InChI=1S/C13H18BrClN2/c1-2-6-10-11(14)12(15)17-13(16-10)9-7-4-3-5-8-9/h9H,2-8H2,1H3. The summed E-state index contributed by atoms with van der Waals surface area (Å²) in [6, 6.07) is 0. The Morgan fingerprint density at radius 3 is 2.59 bits per heavy atom. The monoisotopic (exact) mass is 316 g/mol. The van der Waals surface area contributed by atoms with E-state index in [2.05, 4.69) is 27.8 Å². The zero-order valence-electron chi connectivity index (χ0n) is 10.2. The van der Waals surface area contributed by atoms with Crippen molar-refractivity contribution in [3.8, 4) is 0 Å². The summed E-state index contributed by atoms with van der Waals surface area (Å²) >= 11 is 9.66. The van der Waals surface area contributed by atoms with Gasteiger partial charge in [0.2, 0.25) is 0 Å². The van der Waals surface area contributed by atoms with Crippen molar-refractivity contribution < 1.29 is 0 Å². The SMILES string of the molecule is CCCc1nc(C2CCCCC2)nc(Cl)c1Br. The highest BCUT2D eigenvalue weighted by Gasteiger charge is 2.20. The smallest absolute Gasteiger partial charge is 0.147 e. The van der Waals surface area contributed by atoms with E-state index in [1.54, 1.807) is 0 Å². The number of nitrogens with zero attached hydrogens (tertiary/aromatic N) is 2. The van der Waals surface area contributed by atoms with Crippen molar-refractivity contribution in [2.24, 2.45) is 0 Å². The summed E-state index contributed by atoms with van der Waals surface area (Å²) in [6.07, 6.45) is 8.41. The number of halogens is 2. The number of hydrogen-bond acceptors (Lipinski definition) is 2. The molecule has 1 fully saturated rings. The average Bonchev–Trinajstić information content (AvgIpc) is 2.36. The topological polar surface area (TPSA) is 25.8 Å². The van der Waals surface area contributed by atoms with Gasteiger partial charge in [-0.15, -0.1) is 0 Å². The number of aryl methyl sites for hydroxylation is 1. The molecule has 2 rings (SSSR count). The molecule has 1 aliphatic rings. The van der Waals surface area contributed by atoms with Gasteiger partial charge in [-0.05, 0) is 35.2 Å². The average molecular weight is 318 g/mol. The molecule has 4 heteroatoms. The maximum Gasteiger partial charge on any atom is 0.147 e. The number of aromatic nitrogens is 2. The molecule has 0 N–H and O–H groups in total. The van der Waals surface area contributed by atoms with Crippen LogP contribution in [-0.2, 0) is 6.42 Å². The van der Waals surface area contributed by atoms with Crippen LogP contribution in [0.2, 0.25) is 5.15 Å². The Hall–Kier alpha value is -0.150. The second-order valence-electron chi connectivity index (χ2n) is 4.72. The van der Waals surface area contributed by atoms with Gasteiger partial charge in [-0.25, -0.2) is 9.97 Å². The molecule has 2 nitrogen and oxygen atoms in total. The van der Waals surface area contributed by atoms with Crippen molar-refractivity contribution in [2.45, 2.75) is 57.8 Å². The first kappa shape index (κ1) is 13.3. The fourth-order valence-corrected chi connectivity index (χ4v) is 3.00. The van der Waals surface area contributed by atoms with Crippen LogP contribution in [0.25, 0.3) is 0 Å². The van der Waals surface area contributed by atoms with Crippen molar-refractivity contribution in [1.29, 1.82) is 0 Å². The number of rotatable bonds is 3. The quantitative estimate of drug-likeness (QED) is 0.742. The highest BCUT2D eigenvalue weighted by atomic mass is 79.9. The number of hydrogen-bond donors (Lipinski definition) is 0. The molecule has 0 bridgehead atoms. The fraction of sp³-hybridized carbons (Fsp3) is 0.692. The van der Waals surface area contributed by atoms with Crippen molar-refractivity contribution in [3.05, 3.63) is 21.1 Å². The minimum atomic E-state index is 0.518. The molecule has 0 saturated heterocycles. The van der Waals surface area contributed by atoms with Crippen LogP contribution < -0.4 is 0 Å². The summed E-state index contributed by atoms with van der Waals surface area (Å²) in [4.78, 5) is 9.15. The van der Waals surface area contributed by atoms with Crippen LogP contribution in [0.15, 0.2) is 4.47 Å². The summed E-state index contributed by atoms with van der Waals surface area (Å²) in [5, 5.41) is 0.573. The Labute approximate surface area is 116 Å².